The second-order valence-corrected chi connectivity index (χ2v) is 1.34. The van der Waals surface area contributed by atoms with E-state index in [1.54, 1.807) is 0 Å². The molecule has 0 aliphatic carbocycles. The largest absolute Gasteiger partial charge is 0.400 e. The van der Waals surface area contributed by atoms with Crippen molar-refractivity contribution in [3.05, 3.63) is 0 Å². The molecule has 0 rings (SSSR count). The van der Waals surface area contributed by atoms with Crippen LogP contribution in [-0.2, 0) is 10.4 Å². The van der Waals surface area contributed by atoms with E-state index >= 15 is 0 Å². The van der Waals surface area contributed by atoms with Crippen molar-refractivity contribution in [3.8, 4) is 0 Å². The Morgan fingerprint density at radius 2 is 1.12 bits per heavy atom. The first-order valence-corrected chi connectivity index (χ1v) is 2.54. The highest BCUT2D eigenvalue weighted by atomic mass is 32.3. The average Bonchev–Trinajstić information content (AvgIpc) is 1.36. The summed E-state index contributed by atoms with van der Waals surface area (Å²) in [4.78, 5) is 0. The Bertz CT molecular complexity index is 95.6. The molecule has 0 atom stereocenters. The van der Waals surface area contributed by atoms with Crippen LogP contribution in [0.1, 0.15) is 0 Å². The van der Waals surface area contributed by atoms with Gasteiger partial charge in [0.15, 0.2) is 17.4 Å². The third-order valence-electron chi connectivity index (χ3n) is 0. The molecule has 0 aromatic rings. The summed E-state index contributed by atoms with van der Waals surface area (Å²) in [5.41, 5.74) is 0. The summed E-state index contributed by atoms with van der Waals surface area (Å²) in [7, 11) is -3.67. The van der Waals surface area contributed by atoms with E-state index in [1.807, 2.05) is 0 Å². The second-order valence-electron chi connectivity index (χ2n) is 0.448. The Labute approximate surface area is 58.0 Å². The lowest BCUT2D eigenvalue weighted by atomic mass is 11.8. The van der Waals surface area contributed by atoms with E-state index in [4.69, 9.17) is 22.6 Å². The minimum Gasteiger partial charge on any atom is -0.400 e. The fourth-order valence-corrected chi connectivity index (χ4v) is 0. The summed E-state index contributed by atoms with van der Waals surface area (Å²) in [6.07, 6.45) is 0. The fourth-order valence-electron chi connectivity index (χ4n) is 0. The van der Waals surface area contributed by atoms with Gasteiger partial charge in [-0.15, -0.1) is 0 Å². The molecule has 0 aromatic carbocycles. The van der Waals surface area contributed by atoms with Crippen molar-refractivity contribution in [1.82, 2.24) is 0 Å². The number of aliphatic hydroxyl groups excluding tert-OH is 1. The molecule has 52 valence electrons. The number of aliphatic hydroxyl groups is 1. The lowest BCUT2D eigenvalue weighted by Crippen LogP contribution is -1.89. The quantitative estimate of drug-likeness (QED) is 0.275. The first-order chi connectivity index (χ1) is 3.00. The first kappa shape index (κ1) is 15.8. The standard InChI is InChI=1S/CH4O.Al.H2O4S.3H/c1-2;;1-5(2,3)4;;;/h2H,1H3;;(H2,1,2,3,4);;;. The molecule has 0 aliphatic heterocycles. The molecule has 0 aromatic heterocycles. The van der Waals surface area contributed by atoms with E-state index in [-0.39, 0.29) is 17.4 Å². The zero-order chi connectivity index (χ0) is 6.50. The Hall–Kier alpha value is 0.362. The van der Waals surface area contributed by atoms with Crippen LogP contribution in [0.25, 0.3) is 0 Å². The Morgan fingerprint density at radius 1 is 1.12 bits per heavy atom. The molecular weight excluding hydrogens is 151 g/mol. The van der Waals surface area contributed by atoms with Crippen molar-refractivity contribution in [1.29, 1.82) is 0 Å². The van der Waals surface area contributed by atoms with Gasteiger partial charge < -0.3 is 5.11 Å². The van der Waals surface area contributed by atoms with Crippen LogP contribution in [-0.4, -0.2) is 47.1 Å². The second kappa shape index (κ2) is 7.36. The van der Waals surface area contributed by atoms with Gasteiger partial charge in [0.1, 0.15) is 0 Å². The third kappa shape index (κ3) is 1390. The van der Waals surface area contributed by atoms with E-state index < -0.39 is 10.4 Å². The summed E-state index contributed by atoms with van der Waals surface area (Å²) in [6, 6.07) is 0. The topological polar surface area (TPSA) is 94.8 Å². The maximum Gasteiger partial charge on any atom is 0.394 e. The van der Waals surface area contributed by atoms with Gasteiger partial charge >= 0.3 is 10.4 Å². The highest BCUT2D eigenvalue weighted by molar-refractivity contribution is 7.79. The van der Waals surface area contributed by atoms with Gasteiger partial charge in [-0.3, -0.25) is 9.11 Å². The Balaban J connectivity index is -0.0000000750. The van der Waals surface area contributed by atoms with Crippen LogP contribution in [0.15, 0.2) is 0 Å². The van der Waals surface area contributed by atoms with Crippen molar-refractivity contribution < 1.29 is 22.6 Å². The molecule has 0 radical (unpaired) electrons. The highest BCUT2D eigenvalue weighted by Crippen LogP contribution is 1.59. The van der Waals surface area contributed by atoms with Gasteiger partial charge in [-0.1, -0.05) is 0 Å². The van der Waals surface area contributed by atoms with Gasteiger partial charge in [0.05, 0.1) is 0 Å². The van der Waals surface area contributed by atoms with E-state index in [1.165, 1.54) is 0 Å². The first-order valence-electron chi connectivity index (χ1n) is 1.15. The predicted octanol–water partition coefficient (Wildman–Crippen LogP) is -2.23. The van der Waals surface area contributed by atoms with Gasteiger partial charge in [0.25, 0.3) is 0 Å². The van der Waals surface area contributed by atoms with Gasteiger partial charge in [-0.2, -0.15) is 8.42 Å². The maximum absolute atomic E-state index is 8.74. The maximum atomic E-state index is 8.74. The minimum atomic E-state index is -4.67. The van der Waals surface area contributed by atoms with Crippen LogP contribution in [0.3, 0.4) is 0 Å². The molecule has 0 unspecified atom stereocenters. The monoisotopic (exact) mass is 160 g/mol. The van der Waals surface area contributed by atoms with Crippen LogP contribution in [0.2, 0.25) is 0 Å². The third-order valence-corrected chi connectivity index (χ3v) is 0. The van der Waals surface area contributed by atoms with Crippen molar-refractivity contribution in [2.75, 3.05) is 7.11 Å². The lowest BCUT2D eigenvalue weighted by Gasteiger charge is -1.68. The fraction of sp³-hybridized carbons (Fsp3) is 1.00. The SMILES string of the molecule is CO.O=S(=O)(O)O.[AlH3]. The summed E-state index contributed by atoms with van der Waals surface area (Å²) >= 11 is 0. The van der Waals surface area contributed by atoms with Crippen molar-refractivity contribution in [2.45, 2.75) is 0 Å². The summed E-state index contributed by atoms with van der Waals surface area (Å²) in [5.74, 6) is 0. The zero-order valence-corrected chi connectivity index (χ0v) is 4.38. The molecular formula is CH9AlO5S. The van der Waals surface area contributed by atoms with Crippen LogP contribution >= 0.6 is 0 Å². The van der Waals surface area contributed by atoms with Gasteiger partial charge in [-0.05, 0) is 0 Å². The predicted molar refractivity (Wildman–Crippen MR) is 32.3 cm³/mol. The number of rotatable bonds is 0. The molecule has 0 aliphatic rings. The molecule has 0 saturated carbocycles. The van der Waals surface area contributed by atoms with Crippen LogP contribution in [0.4, 0.5) is 0 Å². The Kier molecular flexibility index (Phi) is 14.5. The van der Waals surface area contributed by atoms with Crippen LogP contribution in [0.5, 0.6) is 0 Å². The van der Waals surface area contributed by atoms with E-state index in [0.717, 1.165) is 7.11 Å². The zero-order valence-electron chi connectivity index (χ0n) is 3.57. The number of hydrogen-bond donors (Lipinski definition) is 3. The highest BCUT2D eigenvalue weighted by Gasteiger charge is 1.84. The van der Waals surface area contributed by atoms with Crippen molar-refractivity contribution in [3.63, 3.8) is 0 Å². The Morgan fingerprint density at radius 3 is 1.12 bits per heavy atom. The van der Waals surface area contributed by atoms with Crippen LogP contribution < -0.4 is 0 Å². The molecule has 0 amide bonds. The molecule has 3 N–H and O–H groups in total. The van der Waals surface area contributed by atoms with E-state index in [9.17, 15) is 0 Å². The van der Waals surface area contributed by atoms with Gasteiger partial charge in [0.2, 0.25) is 0 Å². The molecule has 8 heavy (non-hydrogen) atoms. The molecule has 0 saturated heterocycles. The summed E-state index contributed by atoms with van der Waals surface area (Å²) in [6.45, 7) is 0. The van der Waals surface area contributed by atoms with Crippen molar-refractivity contribution >= 4 is 27.8 Å². The molecule has 0 spiro atoms. The molecule has 0 heterocycles. The molecule has 0 fully saturated rings. The average molecular weight is 160 g/mol. The normalized spacial score (nSPS) is 8.00. The minimum absolute atomic E-state index is 0. The van der Waals surface area contributed by atoms with E-state index in [0.29, 0.717) is 0 Å². The smallest absolute Gasteiger partial charge is 0.394 e. The number of hydrogen-bond acceptors (Lipinski definition) is 3. The van der Waals surface area contributed by atoms with Gasteiger partial charge in [-0.25, -0.2) is 0 Å². The van der Waals surface area contributed by atoms with E-state index in [2.05, 4.69) is 0 Å². The lowest BCUT2D eigenvalue weighted by molar-refractivity contribution is 0.381. The van der Waals surface area contributed by atoms with Crippen molar-refractivity contribution in [2.24, 2.45) is 0 Å². The molecule has 7 heteroatoms. The van der Waals surface area contributed by atoms with Crippen LogP contribution in [0, 0.1) is 0 Å². The molecule has 5 nitrogen and oxygen atoms in total. The summed E-state index contributed by atoms with van der Waals surface area (Å²) < 4.78 is 31.6. The molecule has 0 bridgehead atoms. The van der Waals surface area contributed by atoms with Gasteiger partial charge in [0, 0.05) is 7.11 Å². The summed E-state index contributed by atoms with van der Waals surface area (Å²) in [5, 5.41) is 7.00.